The maximum atomic E-state index is 12.3. The van der Waals surface area contributed by atoms with E-state index in [1.165, 1.54) is 4.90 Å². The summed E-state index contributed by atoms with van der Waals surface area (Å²) >= 11 is 6.02. The second-order valence-electron chi connectivity index (χ2n) is 6.05. The average Bonchev–Trinajstić information content (AvgIpc) is 3.20. The minimum Gasteiger partial charge on any atom is -0.497 e. The highest BCUT2D eigenvalue weighted by atomic mass is 35.5. The molecule has 0 radical (unpaired) electrons. The van der Waals surface area contributed by atoms with Crippen molar-refractivity contribution < 1.29 is 23.5 Å². The Labute approximate surface area is 172 Å². The molecule has 0 atom stereocenters. The van der Waals surface area contributed by atoms with Crippen molar-refractivity contribution in [2.45, 2.75) is 6.54 Å². The molecule has 3 rings (SSSR count). The van der Waals surface area contributed by atoms with Crippen molar-refractivity contribution in [3.8, 4) is 28.6 Å². The second kappa shape index (κ2) is 9.29. The van der Waals surface area contributed by atoms with Gasteiger partial charge >= 0.3 is 0 Å². The van der Waals surface area contributed by atoms with Gasteiger partial charge in [-0.1, -0.05) is 28.9 Å². The largest absolute Gasteiger partial charge is 0.497 e. The summed E-state index contributed by atoms with van der Waals surface area (Å²) in [4.78, 5) is 18.1. The van der Waals surface area contributed by atoms with Gasteiger partial charge in [-0.15, -0.1) is 0 Å². The van der Waals surface area contributed by atoms with Crippen LogP contribution < -0.4 is 14.2 Å². The second-order valence-corrected chi connectivity index (χ2v) is 6.45. The molecule has 1 heterocycles. The van der Waals surface area contributed by atoms with Crippen molar-refractivity contribution in [1.29, 1.82) is 0 Å². The number of carbonyl (C=O) groups excluding carboxylic acids is 1. The van der Waals surface area contributed by atoms with Gasteiger partial charge in [-0.25, -0.2) is 0 Å². The number of aromatic nitrogens is 2. The summed E-state index contributed by atoms with van der Waals surface area (Å²) in [5, 5.41) is 4.42. The lowest BCUT2D eigenvalue weighted by Gasteiger charge is -2.15. The average molecular weight is 418 g/mol. The molecule has 0 N–H and O–H groups in total. The van der Waals surface area contributed by atoms with Crippen LogP contribution in [0.5, 0.6) is 17.2 Å². The Balaban J connectivity index is 1.63. The third-order valence-electron chi connectivity index (χ3n) is 4.10. The summed E-state index contributed by atoms with van der Waals surface area (Å²) in [6.45, 7) is -0.0241. The van der Waals surface area contributed by atoms with Crippen molar-refractivity contribution in [2.24, 2.45) is 0 Å². The first-order chi connectivity index (χ1) is 14.0. The predicted octanol–water partition coefficient (Wildman–Crippen LogP) is 3.44. The molecule has 8 nitrogen and oxygen atoms in total. The highest BCUT2D eigenvalue weighted by Crippen LogP contribution is 2.31. The van der Waals surface area contributed by atoms with Gasteiger partial charge in [-0.3, -0.25) is 4.79 Å². The summed E-state index contributed by atoms with van der Waals surface area (Å²) in [6.07, 6.45) is 0. The third-order valence-corrected chi connectivity index (χ3v) is 4.42. The third kappa shape index (κ3) is 4.97. The van der Waals surface area contributed by atoms with E-state index < -0.39 is 0 Å². The molecule has 0 bridgehead atoms. The number of hydrogen-bond donors (Lipinski definition) is 0. The number of halogens is 1. The number of ether oxygens (including phenoxy) is 3. The molecule has 3 aromatic rings. The van der Waals surface area contributed by atoms with Gasteiger partial charge in [0.15, 0.2) is 6.61 Å². The summed E-state index contributed by atoms with van der Waals surface area (Å²) in [5.41, 5.74) is 0.652. The lowest BCUT2D eigenvalue weighted by atomic mass is 10.2. The Hall–Kier alpha value is -3.26. The maximum absolute atomic E-state index is 12.3. The molecule has 1 amide bonds. The Kier molecular flexibility index (Phi) is 6.56. The molecule has 0 aliphatic heterocycles. The first kappa shape index (κ1) is 20.5. The van der Waals surface area contributed by atoms with Crippen LogP contribution in [-0.2, 0) is 11.3 Å². The van der Waals surface area contributed by atoms with Crippen molar-refractivity contribution in [2.75, 3.05) is 27.9 Å². The molecule has 2 aromatic carbocycles. The van der Waals surface area contributed by atoms with Crippen LogP contribution >= 0.6 is 11.6 Å². The van der Waals surface area contributed by atoms with E-state index in [0.29, 0.717) is 33.7 Å². The molecule has 0 saturated heterocycles. The molecule has 1 aromatic heterocycles. The van der Waals surface area contributed by atoms with E-state index in [2.05, 4.69) is 10.1 Å². The molecule has 0 aliphatic rings. The fourth-order valence-electron chi connectivity index (χ4n) is 2.51. The van der Waals surface area contributed by atoms with E-state index in [1.807, 2.05) is 0 Å². The molecule has 0 aliphatic carbocycles. The van der Waals surface area contributed by atoms with Crippen LogP contribution in [0.15, 0.2) is 47.0 Å². The van der Waals surface area contributed by atoms with E-state index in [-0.39, 0.29) is 24.9 Å². The van der Waals surface area contributed by atoms with Crippen molar-refractivity contribution in [3.05, 3.63) is 53.4 Å². The molecule has 0 spiro atoms. The minimum absolute atomic E-state index is 0.135. The zero-order chi connectivity index (χ0) is 20.8. The monoisotopic (exact) mass is 417 g/mol. The number of nitrogens with zero attached hydrogens (tertiary/aromatic N) is 3. The smallest absolute Gasteiger partial charge is 0.260 e. The van der Waals surface area contributed by atoms with E-state index in [0.717, 1.165) is 0 Å². The molecule has 0 unspecified atom stereocenters. The van der Waals surface area contributed by atoms with Crippen LogP contribution in [0.1, 0.15) is 5.89 Å². The van der Waals surface area contributed by atoms with Crippen molar-refractivity contribution in [3.63, 3.8) is 0 Å². The molecule has 29 heavy (non-hydrogen) atoms. The van der Waals surface area contributed by atoms with Crippen molar-refractivity contribution >= 4 is 17.5 Å². The molecular formula is C20H20ClN3O5. The number of hydrogen-bond acceptors (Lipinski definition) is 7. The van der Waals surface area contributed by atoms with Crippen LogP contribution in [0.4, 0.5) is 0 Å². The lowest BCUT2D eigenvalue weighted by molar-refractivity contribution is -0.132. The van der Waals surface area contributed by atoms with E-state index in [4.69, 9.17) is 30.3 Å². The fraction of sp³-hybridized carbons (Fsp3) is 0.250. The van der Waals surface area contributed by atoms with Crippen molar-refractivity contribution in [1.82, 2.24) is 15.0 Å². The van der Waals surface area contributed by atoms with Crippen LogP contribution in [0.2, 0.25) is 5.02 Å². The van der Waals surface area contributed by atoms with Gasteiger partial charge in [-0.05, 0) is 24.3 Å². The van der Waals surface area contributed by atoms with Gasteiger partial charge in [-0.2, -0.15) is 4.98 Å². The molecule has 0 fully saturated rings. The highest BCUT2D eigenvalue weighted by molar-refractivity contribution is 6.32. The molecule has 0 saturated carbocycles. The number of benzene rings is 2. The Morgan fingerprint density at radius 1 is 1.14 bits per heavy atom. The van der Waals surface area contributed by atoms with Gasteiger partial charge in [0.1, 0.15) is 17.2 Å². The number of para-hydroxylation sites is 1. The topological polar surface area (TPSA) is 86.9 Å². The summed E-state index contributed by atoms with van der Waals surface area (Å²) in [6, 6.07) is 12.2. The first-order valence-electron chi connectivity index (χ1n) is 8.68. The summed E-state index contributed by atoms with van der Waals surface area (Å²) in [7, 11) is 4.74. The summed E-state index contributed by atoms with van der Waals surface area (Å²) in [5.74, 6) is 2.03. The van der Waals surface area contributed by atoms with Gasteiger partial charge in [0, 0.05) is 13.1 Å². The number of methoxy groups -OCH3 is 2. The number of rotatable bonds is 8. The van der Waals surface area contributed by atoms with Crippen LogP contribution in [0.25, 0.3) is 11.4 Å². The first-order valence-corrected chi connectivity index (χ1v) is 9.06. The van der Waals surface area contributed by atoms with Crippen LogP contribution in [0.3, 0.4) is 0 Å². The minimum atomic E-state index is -0.258. The summed E-state index contributed by atoms with van der Waals surface area (Å²) < 4.78 is 21.3. The van der Waals surface area contributed by atoms with E-state index >= 15 is 0 Å². The molecule has 152 valence electrons. The maximum Gasteiger partial charge on any atom is 0.260 e. The molecular weight excluding hydrogens is 398 g/mol. The Morgan fingerprint density at radius 3 is 2.66 bits per heavy atom. The lowest BCUT2D eigenvalue weighted by Crippen LogP contribution is -2.31. The number of amides is 1. The number of carbonyl (C=O) groups is 1. The predicted molar refractivity (Wildman–Crippen MR) is 106 cm³/mol. The van der Waals surface area contributed by atoms with Gasteiger partial charge in [0.25, 0.3) is 5.91 Å². The SMILES string of the molecule is COc1ccc(-c2noc(CN(C)C(=O)COc3ccccc3Cl)n2)c(OC)c1. The Morgan fingerprint density at radius 2 is 1.93 bits per heavy atom. The standard InChI is InChI=1S/C20H20ClN3O5/c1-24(19(25)12-28-16-7-5-4-6-15(16)21)11-18-22-20(23-29-18)14-9-8-13(26-2)10-17(14)27-3/h4-10H,11-12H2,1-3H3. The zero-order valence-electron chi connectivity index (χ0n) is 16.2. The van der Waals surface area contributed by atoms with Gasteiger partial charge in [0.2, 0.25) is 11.7 Å². The van der Waals surface area contributed by atoms with E-state index in [1.54, 1.807) is 63.7 Å². The quantitative estimate of drug-likeness (QED) is 0.554. The van der Waals surface area contributed by atoms with Gasteiger partial charge in [0.05, 0.1) is 31.4 Å². The van der Waals surface area contributed by atoms with Gasteiger partial charge < -0.3 is 23.6 Å². The van der Waals surface area contributed by atoms with Crippen LogP contribution in [-0.4, -0.2) is 48.8 Å². The van der Waals surface area contributed by atoms with Crippen LogP contribution in [0, 0.1) is 0 Å². The number of likely N-dealkylation sites (N-methyl/N-ethyl adjacent to an activating group) is 1. The molecule has 9 heteroatoms. The Bertz CT molecular complexity index is 992. The highest BCUT2D eigenvalue weighted by Gasteiger charge is 2.18. The normalized spacial score (nSPS) is 10.5. The van der Waals surface area contributed by atoms with E-state index in [9.17, 15) is 4.79 Å². The fourth-order valence-corrected chi connectivity index (χ4v) is 2.70. The zero-order valence-corrected chi connectivity index (χ0v) is 17.0.